The van der Waals surface area contributed by atoms with Crippen LogP contribution < -0.4 is 10.3 Å². The molecule has 0 spiro atoms. The van der Waals surface area contributed by atoms with E-state index < -0.39 is 22.5 Å². The second kappa shape index (κ2) is 10.3. The molecule has 2 aromatic heterocycles. The van der Waals surface area contributed by atoms with Gasteiger partial charge in [-0.3, -0.25) is 4.79 Å². The van der Waals surface area contributed by atoms with Gasteiger partial charge in [-0.2, -0.15) is 0 Å². The predicted octanol–water partition coefficient (Wildman–Crippen LogP) is 2.32. The molecule has 1 unspecified atom stereocenters. The Kier molecular flexibility index (Phi) is 7.39. The lowest BCUT2D eigenvalue weighted by molar-refractivity contribution is 0.0695. The van der Waals surface area contributed by atoms with Gasteiger partial charge < -0.3 is 19.7 Å². The Morgan fingerprint density at radius 2 is 1.94 bits per heavy atom. The number of nitrogens with zero attached hydrogens (tertiary/aromatic N) is 4. The third-order valence-corrected chi connectivity index (χ3v) is 7.73. The molecular weight excluding hydrogens is 470 g/mol. The molecule has 1 atom stereocenters. The van der Waals surface area contributed by atoms with Gasteiger partial charge in [-0.15, -0.1) is 5.10 Å². The minimum Gasteiger partial charge on any atom is -0.493 e. The maximum Gasteiger partial charge on any atom is 0.337 e. The van der Waals surface area contributed by atoms with Gasteiger partial charge in [0.05, 0.1) is 28.3 Å². The molecule has 3 heterocycles. The number of aromatic carboxylic acids is 1. The average Bonchev–Trinajstić information content (AvgIpc) is 3.11. The van der Waals surface area contributed by atoms with Crippen molar-refractivity contribution in [2.45, 2.75) is 38.5 Å². The first-order valence-electron chi connectivity index (χ1n) is 11.8. The van der Waals surface area contributed by atoms with Crippen molar-refractivity contribution in [3.05, 3.63) is 45.4 Å². The van der Waals surface area contributed by atoms with E-state index in [1.54, 1.807) is 25.1 Å². The Bertz CT molecular complexity index is 1340. The molecule has 0 radical (unpaired) electrons. The fraction of sp³-hybridized carbons (Fsp3) is 0.458. The molecule has 3 aromatic rings. The number of hydrogen-bond donors (Lipinski definition) is 2. The quantitative estimate of drug-likeness (QED) is 0.486. The number of ether oxygens (including phenoxy) is 1. The molecule has 1 aliphatic heterocycles. The first kappa shape index (κ1) is 25.1. The van der Waals surface area contributed by atoms with E-state index in [1.165, 1.54) is 4.52 Å². The van der Waals surface area contributed by atoms with Gasteiger partial charge in [-0.25, -0.2) is 17.8 Å². The second-order valence-electron chi connectivity index (χ2n) is 8.64. The Morgan fingerprint density at radius 3 is 2.57 bits per heavy atom. The SMILES string of the molecule is CCCc1c(C(=O)O)c(C)c2c(=O)[nH]c(-c3cc(S(=O)N4CCN(C)CC4)ccc3OCC)nn12. The summed E-state index contributed by atoms with van der Waals surface area (Å²) < 4.78 is 22.5. The molecule has 1 aromatic carbocycles. The number of aromatic amines is 1. The topological polar surface area (TPSA) is 120 Å². The smallest absolute Gasteiger partial charge is 0.337 e. The number of benzene rings is 1. The molecule has 1 saturated heterocycles. The zero-order valence-corrected chi connectivity index (χ0v) is 21.3. The van der Waals surface area contributed by atoms with E-state index in [9.17, 15) is 18.9 Å². The van der Waals surface area contributed by atoms with Gasteiger partial charge in [0, 0.05) is 26.2 Å². The van der Waals surface area contributed by atoms with E-state index >= 15 is 0 Å². The summed E-state index contributed by atoms with van der Waals surface area (Å²) in [5.74, 6) is -0.363. The van der Waals surface area contributed by atoms with Gasteiger partial charge in [0.25, 0.3) is 5.56 Å². The molecule has 0 bridgehead atoms. The minimum atomic E-state index is -1.38. The van der Waals surface area contributed by atoms with Gasteiger partial charge in [-0.05, 0) is 51.1 Å². The average molecular weight is 502 g/mol. The van der Waals surface area contributed by atoms with E-state index in [2.05, 4.69) is 15.0 Å². The van der Waals surface area contributed by atoms with Crippen molar-refractivity contribution < 1.29 is 18.8 Å². The van der Waals surface area contributed by atoms with Crippen LogP contribution in [0.4, 0.5) is 0 Å². The summed E-state index contributed by atoms with van der Waals surface area (Å²) in [4.78, 5) is 30.7. The molecule has 0 saturated carbocycles. The third kappa shape index (κ3) is 4.75. The number of carbonyl (C=O) groups is 1. The van der Waals surface area contributed by atoms with Gasteiger partial charge in [0.1, 0.15) is 22.3 Å². The predicted molar refractivity (Wildman–Crippen MR) is 134 cm³/mol. The van der Waals surface area contributed by atoms with Crippen molar-refractivity contribution in [1.29, 1.82) is 0 Å². The summed E-state index contributed by atoms with van der Waals surface area (Å²) in [6.45, 7) is 8.86. The third-order valence-electron chi connectivity index (χ3n) is 6.24. The Balaban J connectivity index is 1.87. The van der Waals surface area contributed by atoms with Crippen LogP contribution in [0, 0.1) is 6.92 Å². The van der Waals surface area contributed by atoms with Crippen molar-refractivity contribution in [3.8, 4) is 17.1 Å². The van der Waals surface area contributed by atoms with Crippen molar-refractivity contribution >= 4 is 22.5 Å². The van der Waals surface area contributed by atoms with Gasteiger partial charge >= 0.3 is 5.97 Å². The van der Waals surface area contributed by atoms with Crippen LogP contribution in [0.1, 0.15) is 41.9 Å². The van der Waals surface area contributed by atoms with E-state index in [0.29, 0.717) is 60.0 Å². The fourth-order valence-electron chi connectivity index (χ4n) is 4.46. The number of fused-ring (bicyclic) bond motifs is 1. The highest BCUT2D eigenvalue weighted by Gasteiger charge is 2.25. The maximum atomic E-state index is 13.3. The van der Waals surface area contributed by atoms with E-state index in [1.807, 2.05) is 25.2 Å². The highest BCUT2D eigenvalue weighted by molar-refractivity contribution is 7.82. The monoisotopic (exact) mass is 501 g/mol. The van der Waals surface area contributed by atoms with E-state index in [0.717, 1.165) is 13.1 Å². The fourth-order valence-corrected chi connectivity index (χ4v) is 5.66. The number of H-pyrrole nitrogens is 1. The maximum absolute atomic E-state index is 13.3. The van der Waals surface area contributed by atoms with Crippen LogP contribution in [0.5, 0.6) is 5.75 Å². The Labute approximate surface area is 206 Å². The number of rotatable bonds is 8. The van der Waals surface area contributed by atoms with Crippen molar-refractivity contribution in [1.82, 2.24) is 23.8 Å². The minimum absolute atomic E-state index is 0.108. The lowest BCUT2D eigenvalue weighted by atomic mass is 10.1. The van der Waals surface area contributed by atoms with Crippen molar-refractivity contribution in [3.63, 3.8) is 0 Å². The number of aromatic nitrogens is 3. The summed E-state index contributed by atoms with van der Waals surface area (Å²) in [6, 6.07) is 5.24. The molecule has 1 fully saturated rings. The summed E-state index contributed by atoms with van der Waals surface area (Å²) in [6.07, 6.45) is 1.15. The molecule has 35 heavy (non-hydrogen) atoms. The number of aryl methyl sites for hydroxylation is 2. The molecule has 4 rings (SSSR count). The number of hydrogen-bond acceptors (Lipinski definition) is 6. The summed E-state index contributed by atoms with van der Waals surface area (Å²) >= 11 is 0. The Hall–Kier alpha value is -3.02. The van der Waals surface area contributed by atoms with Crippen molar-refractivity contribution in [2.24, 2.45) is 0 Å². The van der Waals surface area contributed by atoms with Gasteiger partial charge in [-0.1, -0.05) is 13.3 Å². The van der Waals surface area contributed by atoms with Crippen LogP contribution in [0.3, 0.4) is 0 Å². The molecule has 10 nitrogen and oxygen atoms in total. The van der Waals surface area contributed by atoms with Gasteiger partial charge in [0.2, 0.25) is 0 Å². The van der Waals surface area contributed by atoms with Crippen LogP contribution >= 0.6 is 0 Å². The molecular formula is C24H31N5O5S. The summed E-state index contributed by atoms with van der Waals surface area (Å²) in [5.41, 5.74) is 1.25. The molecule has 1 aliphatic rings. The lowest BCUT2D eigenvalue weighted by Crippen LogP contribution is -2.45. The van der Waals surface area contributed by atoms with Crippen LogP contribution in [0.2, 0.25) is 0 Å². The molecule has 0 amide bonds. The van der Waals surface area contributed by atoms with Crippen LogP contribution in [0.25, 0.3) is 16.9 Å². The molecule has 11 heteroatoms. The lowest BCUT2D eigenvalue weighted by Gasteiger charge is -2.31. The zero-order chi connectivity index (χ0) is 25.3. The molecule has 2 N–H and O–H groups in total. The van der Waals surface area contributed by atoms with Crippen molar-refractivity contribution in [2.75, 3.05) is 39.8 Å². The molecule has 188 valence electrons. The largest absolute Gasteiger partial charge is 0.493 e. The number of piperazine rings is 1. The van der Waals surface area contributed by atoms with Gasteiger partial charge in [0.15, 0.2) is 5.82 Å². The van der Waals surface area contributed by atoms with Crippen LogP contribution in [0.15, 0.2) is 27.9 Å². The first-order chi connectivity index (χ1) is 16.8. The summed E-state index contributed by atoms with van der Waals surface area (Å²) in [5, 5.41) is 14.4. The number of carboxylic acid groups (broad SMARTS) is 1. The first-order valence-corrected chi connectivity index (χ1v) is 12.9. The zero-order valence-electron chi connectivity index (χ0n) is 20.5. The molecule has 0 aliphatic carbocycles. The van der Waals surface area contributed by atoms with E-state index in [-0.39, 0.29) is 16.9 Å². The highest BCUT2D eigenvalue weighted by atomic mass is 32.2. The van der Waals surface area contributed by atoms with Crippen LogP contribution in [-0.4, -0.2) is 78.9 Å². The van der Waals surface area contributed by atoms with Crippen LogP contribution in [-0.2, 0) is 17.4 Å². The normalized spacial score (nSPS) is 16.0. The number of carboxylic acids is 1. The van der Waals surface area contributed by atoms with E-state index in [4.69, 9.17) is 4.74 Å². The highest BCUT2D eigenvalue weighted by Crippen LogP contribution is 2.31. The Morgan fingerprint density at radius 1 is 1.23 bits per heavy atom. The second-order valence-corrected chi connectivity index (χ2v) is 10.1. The standard InChI is InChI=1S/C24H31N5O5S/c1-5-7-18-20(24(31)32)15(3)21-23(30)25-22(26-29(18)21)17-14-16(8-9-19(17)34-6-2)35(33)28-12-10-27(4)11-13-28/h8-9,14H,5-7,10-13H2,1-4H3,(H,31,32)(H,25,26,30). The summed E-state index contributed by atoms with van der Waals surface area (Å²) in [7, 11) is 0.661. The number of nitrogens with one attached hydrogen (secondary N) is 1. The number of likely N-dealkylation sites (N-methyl/N-ethyl adjacent to an activating group) is 1.